The van der Waals surface area contributed by atoms with Gasteiger partial charge in [-0.2, -0.15) is 0 Å². The van der Waals surface area contributed by atoms with Gasteiger partial charge in [0.25, 0.3) is 0 Å². The largest absolute Gasteiger partial charge is 1.00 e. The molecule has 4 heavy (non-hydrogen) atoms. The van der Waals surface area contributed by atoms with Crippen molar-refractivity contribution in [3.05, 3.63) is 0 Å². The summed E-state index contributed by atoms with van der Waals surface area (Å²) in [5.41, 5.74) is 0. The standard InChI is InChI=1S/K.H3N.Na.H2O.H/h;1H3;;1H2;/q+1;;+1;;-1/p-1. The third kappa shape index (κ3) is 8.82. The van der Waals surface area contributed by atoms with Gasteiger partial charge in [0.1, 0.15) is 0 Å². The minimum absolute atomic E-state index is 0. The zero-order chi connectivity index (χ0) is 0. The fourth-order valence-corrected chi connectivity index (χ4v) is 0. The molecule has 0 aromatic rings. The van der Waals surface area contributed by atoms with E-state index in [-0.39, 0.29) is 94.0 Å². The molecule has 0 bridgehead atoms. The molecule has 0 heterocycles. The van der Waals surface area contributed by atoms with Crippen LogP contribution in [0.1, 0.15) is 1.43 Å². The van der Waals surface area contributed by atoms with Crippen molar-refractivity contribution in [1.82, 2.24) is 6.15 Å². The first-order chi connectivity index (χ1) is 0. The molecule has 0 amide bonds. The summed E-state index contributed by atoms with van der Waals surface area (Å²) in [6.45, 7) is 0. The molecular formula is H5KNNaO. The number of hydrogen-bond acceptors (Lipinski definition) is 2. The normalized spacial score (nSPS) is 0. The molecule has 0 saturated carbocycles. The van der Waals surface area contributed by atoms with Crippen molar-refractivity contribution in [1.29, 1.82) is 0 Å². The number of hydrogen-bond donors (Lipinski definition) is 1. The molecule has 0 spiro atoms. The average Bonchev–Trinajstić information content (AvgIpc) is 0. The molecule has 0 aromatic heterocycles. The topological polar surface area (TPSA) is 65.0 Å². The maximum absolute atomic E-state index is 0. The van der Waals surface area contributed by atoms with Crippen molar-refractivity contribution in [3.63, 3.8) is 0 Å². The van der Waals surface area contributed by atoms with Gasteiger partial charge >= 0.3 is 80.9 Å². The van der Waals surface area contributed by atoms with Crippen LogP contribution < -0.4 is 87.1 Å². The van der Waals surface area contributed by atoms with Gasteiger partial charge in [0.05, 0.1) is 0 Å². The second-order valence-corrected chi connectivity index (χ2v) is 0. The Kier molecular flexibility index (Phi) is 137. The van der Waals surface area contributed by atoms with Crippen molar-refractivity contribution in [2.45, 2.75) is 0 Å². The van der Waals surface area contributed by atoms with Crippen LogP contribution in [0.2, 0.25) is 0 Å². The van der Waals surface area contributed by atoms with E-state index in [0.717, 1.165) is 0 Å². The third-order valence-electron chi connectivity index (χ3n) is 0. The summed E-state index contributed by atoms with van der Waals surface area (Å²) in [6.07, 6.45) is 0. The van der Waals surface area contributed by atoms with Crippen LogP contribution in [0.3, 0.4) is 0 Å². The molecule has 0 saturated heterocycles. The molecule has 0 aliphatic rings. The van der Waals surface area contributed by atoms with E-state index in [1.807, 2.05) is 0 Å². The maximum Gasteiger partial charge on any atom is 1.00 e. The van der Waals surface area contributed by atoms with Gasteiger partial charge in [-0.05, 0) is 0 Å². The summed E-state index contributed by atoms with van der Waals surface area (Å²) in [7, 11) is 0. The molecule has 0 radical (unpaired) electrons. The third-order valence-corrected chi connectivity index (χ3v) is 0. The summed E-state index contributed by atoms with van der Waals surface area (Å²) >= 11 is 0. The van der Waals surface area contributed by atoms with Crippen molar-refractivity contribution in [3.8, 4) is 0 Å². The molecule has 0 unspecified atom stereocenters. The van der Waals surface area contributed by atoms with Crippen LogP contribution in [-0.2, 0) is 0 Å². The predicted octanol–water partition coefficient (Wildman–Crippen LogP) is -5.89. The molecule has 0 rings (SSSR count). The summed E-state index contributed by atoms with van der Waals surface area (Å²) in [4.78, 5) is 0. The van der Waals surface area contributed by atoms with E-state index >= 15 is 0 Å². The van der Waals surface area contributed by atoms with Gasteiger partial charge < -0.3 is 13.1 Å². The number of rotatable bonds is 0. The Labute approximate surface area is 91.8 Å². The summed E-state index contributed by atoms with van der Waals surface area (Å²) in [6, 6.07) is 0. The van der Waals surface area contributed by atoms with Gasteiger partial charge in [0.2, 0.25) is 0 Å². The van der Waals surface area contributed by atoms with Crippen LogP contribution in [0.5, 0.6) is 0 Å². The molecule has 0 aliphatic heterocycles. The Morgan fingerprint density at radius 2 is 1.25 bits per heavy atom. The molecule has 0 fully saturated rings. The molecular weight excluding hydrogens is 92.1 g/mol. The molecule has 4 N–H and O–H groups in total. The smallest absolute Gasteiger partial charge is 1.00 e. The first-order valence-electron chi connectivity index (χ1n) is 0. The van der Waals surface area contributed by atoms with Crippen molar-refractivity contribution in [2.75, 3.05) is 0 Å². The Bertz CT molecular complexity index is 11.6. The monoisotopic (exact) mass is 97.0 g/mol. The summed E-state index contributed by atoms with van der Waals surface area (Å²) in [5.74, 6) is 0. The van der Waals surface area contributed by atoms with Crippen molar-refractivity contribution in [2.24, 2.45) is 0 Å². The van der Waals surface area contributed by atoms with E-state index < -0.39 is 0 Å². The van der Waals surface area contributed by atoms with Crippen molar-refractivity contribution < 1.29 is 87.8 Å². The van der Waals surface area contributed by atoms with Crippen LogP contribution >= 0.6 is 0 Å². The van der Waals surface area contributed by atoms with Crippen LogP contribution in [0.4, 0.5) is 0 Å². The predicted molar refractivity (Wildman–Crippen MR) is 8.07 cm³/mol. The maximum atomic E-state index is 0. The van der Waals surface area contributed by atoms with Crippen LogP contribution in [0, 0.1) is 0 Å². The second kappa shape index (κ2) is 17.7. The molecule has 0 aliphatic carbocycles. The van der Waals surface area contributed by atoms with Crippen LogP contribution in [-0.4, -0.2) is 5.48 Å². The quantitative estimate of drug-likeness (QED) is 0.306. The summed E-state index contributed by atoms with van der Waals surface area (Å²) < 4.78 is 0. The Morgan fingerprint density at radius 3 is 1.25 bits per heavy atom. The first-order valence-corrected chi connectivity index (χ1v) is 0. The minimum Gasteiger partial charge on any atom is -1.00 e. The second-order valence-electron chi connectivity index (χ2n) is 0. The Morgan fingerprint density at radius 1 is 1.25 bits per heavy atom. The van der Waals surface area contributed by atoms with Crippen molar-refractivity contribution >= 4 is 0 Å². The molecule has 0 atom stereocenters. The molecule has 4 heteroatoms. The SMILES string of the molecule is N.[H-].[K+].[Na+].[OH-]. The van der Waals surface area contributed by atoms with E-state index in [0.29, 0.717) is 0 Å². The molecule has 18 valence electrons. The fraction of sp³-hybridized carbons (Fsp3) is 0. The van der Waals surface area contributed by atoms with Crippen LogP contribution in [0.15, 0.2) is 0 Å². The minimum atomic E-state index is 0. The van der Waals surface area contributed by atoms with E-state index in [4.69, 9.17) is 0 Å². The molecule has 2 nitrogen and oxygen atoms in total. The van der Waals surface area contributed by atoms with Gasteiger partial charge in [0, 0.05) is 0 Å². The van der Waals surface area contributed by atoms with Gasteiger partial charge in [0.15, 0.2) is 0 Å². The average molecular weight is 97.1 g/mol. The van der Waals surface area contributed by atoms with Crippen LogP contribution in [0.25, 0.3) is 0 Å². The van der Waals surface area contributed by atoms with Gasteiger partial charge in [-0.25, -0.2) is 0 Å². The fourth-order valence-electron chi connectivity index (χ4n) is 0. The molecule has 0 aromatic carbocycles. The Hall–Kier alpha value is 2.56. The van der Waals surface area contributed by atoms with E-state index in [2.05, 4.69) is 0 Å². The van der Waals surface area contributed by atoms with E-state index in [9.17, 15) is 0 Å². The van der Waals surface area contributed by atoms with E-state index in [1.54, 1.807) is 0 Å². The zero-order valence-corrected chi connectivity index (χ0v) is 8.28. The zero-order valence-electron chi connectivity index (χ0n) is 4.15. The Balaban J connectivity index is 0. The van der Waals surface area contributed by atoms with Gasteiger partial charge in [-0.15, -0.1) is 0 Å². The van der Waals surface area contributed by atoms with E-state index in [1.165, 1.54) is 0 Å². The van der Waals surface area contributed by atoms with Gasteiger partial charge in [-0.3, -0.25) is 0 Å². The first kappa shape index (κ1) is 31.0. The van der Waals surface area contributed by atoms with Gasteiger partial charge in [-0.1, -0.05) is 0 Å². The summed E-state index contributed by atoms with van der Waals surface area (Å²) in [5, 5.41) is 0.